The number of phenols is 1. The molecule has 0 bridgehead atoms. The van der Waals surface area contributed by atoms with E-state index in [1.165, 1.54) is 6.92 Å². The molecule has 0 saturated carbocycles. The Morgan fingerprint density at radius 3 is 2.08 bits per heavy atom. The zero-order valence-corrected chi connectivity index (χ0v) is 21.1. The Kier molecular flexibility index (Phi) is 9.56. The van der Waals surface area contributed by atoms with Gasteiger partial charge in [0.1, 0.15) is 23.0 Å². The lowest BCUT2D eigenvalue weighted by Crippen LogP contribution is -2.10. The molecule has 0 aliphatic carbocycles. The minimum Gasteiger partial charge on any atom is -0.507 e. The van der Waals surface area contributed by atoms with E-state index in [0.717, 1.165) is 35.6 Å². The van der Waals surface area contributed by atoms with E-state index >= 15 is 0 Å². The van der Waals surface area contributed by atoms with Crippen LogP contribution in [0.15, 0.2) is 42.5 Å². The van der Waals surface area contributed by atoms with E-state index in [0.29, 0.717) is 54.4 Å². The number of hydrogen-bond acceptors (Lipinski definition) is 6. The van der Waals surface area contributed by atoms with Gasteiger partial charge in [0.2, 0.25) is 0 Å². The van der Waals surface area contributed by atoms with Gasteiger partial charge in [-0.25, -0.2) is 4.79 Å². The summed E-state index contributed by atoms with van der Waals surface area (Å²) >= 11 is 0. The molecular formula is C29H34O7. The van der Waals surface area contributed by atoms with Crippen molar-refractivity contribution in [1.82, 2.24) is 0 Å². The molecule has 2 N–H and O–H groups in total. The summed E-state index contributed by atoms with van der Waals surface area (Å²) in [5.41, 5.74) is 2.00. The molecule has 7 nitrogen and oxygen atoms in total. The molecule has 0 spiro atoms. The zero-order valence-electron chi connectivity index (χ0n) is 21.1. The standard InChI is InChI=1S/C29H34O7/c1-4-7-21-17-26(19(3)30)28(33)25(8-5-2)29(21)35-14-6-13-34-23-11-9-20-10-12-24(16-22(20)15-23)36-18-27(31)32/h9-12,15-17,33H,4-8,13-14,18H2,1-3H3,(H,31,32). The summed E-state index contributed by atoms with van der Waals surface area (Å²) in [4.78, 5) is 22.8. The maximum Gasteiger partial charge on any atom is 0.341 e. The van der Waals surface area contributed by atoms with Gasteiger partial charge in [-0.2, -0.15) is 0 Å². The van der Waals surface area contributed by atoms with Crippen LogP contribution in [-0.2, 0) is 17.6 Å². The van der Waals surface area contributed by atoms with Crippen LogP contribution in [0.4, 0.5) is 0 Å². The Labute approximate surface area is 211 Å². The Balaban J connectivity index is 1.64. The molecule has 0 aliphatic rings. The first-order valence-electron chi connectivity index (χ1n) is 12.4. The van der Waals surface area contributed by atoms with Crippen molar-refractivity contribution in [3.63, 3.8) is 0 Å². The predicted molar refractivity (Wildman–Crippen MR) is 139 cm³/mol. The number of carboxylic acid groups (broad SMARTS) is 1. The van der Waals surface area contributed by atoms with Gasteiger partial charge in [0.15, 0.2) is 12.4 Å². The molecule has 0 amide bonds. The molecule has 0 atom stereocenters. The number of ether oxygens (including phenoxy) is 3. The average molecular weight is 495 g/mol. The Bertz CT molecular complexity index is 1220. The smallest absolute Gasteiger partial charge is 0.341 e. The number of aromatic hydroxyl groups is 1. The number of ketones is 1. The summed E-state index contributed by atoms with van der Waals surface area (Å²) in [5.74, 6) is 0.709. The zero-order chi connectivity index (χ0) is 26.1. The maximum atomic E-state index is 12.0. The van der Waals surface area contributed by atoms with Crippen LogP contribution in [0.3, 0.4) is 0 Å². The minimum atomic E-state index is -1.02. The molecule has 0 aliphatic heterocycles. The highest BCUT2D eigenvalue weighted by atomic mass is 16.5. The van der Waals surface area contributed by atoms with Gasteiger partial charge in [-0.05, 0) is 66.4 Å². The monoisotopic (exact) mass is 494 g/mol. The quantitative estimate of drug-likeness (QED) is 0.210. The van der Waals surface area contributed by atoms with E-state index < -0.39 is 12.6 Å². The molecule has 0 fully saturated rings. The molecule has 3 aromatic carbocycles. The molecule has 0 heterocycles. The lowest BCUT2D eigenvalue weighted by atomic mass is 9.95. The summed E-state index contributed by atoms with van der Waals surface area (Å²) in [7, 11) is 0. The largest absolute Gasteiger partial charge is 0.507 e. The molecule has 3 rings (SSSR count). The lowest BCUT2D eigenvalue weighted by Gasteiger charge is -2.19. The van der Waals surface area contributed by atoms with E-state index in [1.807, 2.05) is 31.2 Å². The molecule has 0 unspecified atom stereocenters. The summed E-state index contributed by atoms with van der Waals surface area (Å²) in [6.07, 6.45) is 3.75. The fraction of sp³-hybridized carbons (Fsp3) is 0.379. The minimum absolute atomic E-state index is 0.0262. The Morgan fingerprint density at radius 1 is 0.833 bits per heavy atom. The Morgan fingerprint density at radius 2 is 1.47 bits per heavy atom. The molecule has 192 valence electrons. The van der Waals surface area contributed by atoms with E-state index in [1.54, 1.807) is 18.2 Å². The number of aryl methyl sites for hydroxylation is 1. The number of aliphatic carboxylic acids is 1. The van der Waals surface area contributed by atoms with Gasteiger partial charge in [-0.1, -0.05) is 38.8 Å². The van der Waals surface area contributed by atoms with Crippen molar-refractivity contribution in [2.45, 2.75) is 52.9 Å². The average Bonchev–Trinajstić information content (AvgIpc) is 2.85. The molecule has 36 heavy (non-hydrogen) atoms. The third kappa shape index (κ3) is 6.90. The van der Waals surface area contributed by atoms with Crippen LogP contribution in [0.2, 0.25) is 0 Å². The maximum absolute atomic E-state index is 12.0. The summed E-state index contributed by atoms with van der Waals surface area (Å²) < 4.78 is 17.3. The first kappa shape index (κ1) is 26.9. The molecule has 0 aromatic heterocycles. The fourth-order valence-electron chi connectivity index (χ4n) is 4.11. The molecule has 0 saturated heterocycles. The predicted octanol–water partition coefficient (Wildman–Crippen LogP) is 5.96. The van der Waals surface area contributed by atoms with Crippen molar-refractivity contribution >= 4 is 22.5 Å². The van der Waals surface area contributed by atoms with Gasteiger partial charge in [-0.3, -0.25) is 4.79 Å². The van der Waals surface area contributed by atoms with E-state index in [-0.39, 0.29) is 11.5 Å². The van der Waals surface area contributed by atoms with Crippen molar-refractivity contribution in [2.75, 3.05) is 19.8 Å². The Hall–Kier alpha value is -3.74. The molecule has 0 radical (unpaired) electrons. The number of fused-ring (bicyclic) bond motifs is 1. The van der Waals surface area contributed by atoms with E-state index in [9.17, 15) is 14.7 Å². The van der Waals surface area contributed by atoms with Crippen LogP contribution in [0, 0.1) is 0 Å². The highest BCUT2D eigenvalue weighted by Gasteiger charge is 2.20. The van der Waals surface area contributed by atoms with Crippen molar-refractivity contribution in [3.8, 4) is 23.0 Å². The van der Waals surface area contributed by atoms with Crippen molar-refractivity contribution in [2.24, 2.45) is 0 Å². The van der Waals surface area contributed by atoms with Crippen LogP contribution in [-0.4, -0.2) is 41.8 Å². The van der Waals surface area contributed by atoms with Gasteiger partial charge in [-0.15, -0.1) is 0 Å². The van der Waals surface area contributed by atoms with E-state index in [4.69, 9.17) is 19.3 Å². The second kappa shape index (κ2) is 12.8. The SMILES string of the molecule is CCCc1cc(C(C)=O)c(O)c(CCC)c1OCCCOc1ccc2ccc(OCC(=O)O)cc2c1. The number of rotatable bonds is 14. The first-order chi connectivity index (χ1) is 17.3. The normalized spacial score (nSPS) is 10.9. The number of Topliss-reactive ketones (excluding diaryl/α,β-unsaturated/α-hetero) is 1. The van der Waals surface area contributed by atoms with Gasteiger partial charge < -0.3 is 24.4 Å². The number of carboxylic acids is 1. The number of benzene rings is 3. The van der Waals surface area contributed by atoms with Crippen molar-refractivity contribution < 1.29 is 34.0 Å². The topological polar surface area (TPSA) is 102 Å². The van der Waals surface area contributed by atoms with Crippen molar-refractivity contribution in [1.29, 1.82) is 0 Å². The first-order valence-corrected chi connectivity index (χ1v) is 12.4. The van der Waals surface area contributed by atoms with Crippen molar-refractivity contribution in [3.05, 3.63) is 59.2 Å². The highest BCUT2D eigenvalue weighted by Crippen LogP contribution is 2.37. The summed E-state index contributed by atoms with van der Waals surface area (Å²) in [6.45, 7) is 6.02. The van der Waals surface area contributed by atoms with Crippen LogP contribution in [0.25, 0.3) is 10.8 Å². The van der Waals surface area contributed by atoms with E-state index in [2.05, 4.69) is 6.92 Å². The molecule has 7 heteroatoms. The van der Waals surface area contributed by atoms with Crippen LogP contribution < -0.4 is 14.2 Å². The summed E-state index contributed by atoms with van der Waals surface area (Å²) in [6, 6.07) is 12.9. The van der Waals surface area contributed by atoms with Crippen LogP contribution in [0.1, 0.15) is 61.5 Å². The van der Waals surface area contributed by atoms with Crippen LogP contribution >= 0.6 is 0 Å². The number of hydrogen-bond donors (Lipinski definition) is 2. The van der Waals surface area contributed by atoms with Gasteiger partial charge in [0.25, 0.3) is 0 Å². The third-order valence-electron chi connectivity index (χ3n) is 5.77. The van der Waals surface area contributed by atoms with Gasteiger partial charge in [0.05, 0.1) is 18.8 Å². The second-order valence-electron chi connectivity index (χ2n) is 8.70. The number of carbonyl (C=O) groups excluding carboxylic acids is 1. The molecular weight excluding hydrogens is 460 g/mol. The molecule has 3 aromatic rings. The number of carbonyl (C=O) groups is 2. The van der Waals surface area contributed by atoms with Gasteiger partial charge in [0, 0.05) is 12.0 Å². The number of phenolic OH excluding ortho intramolecular Hbond substituents is 1. The fourth-order valence-corrected chi connectivity index (χ4v) is 4.11. The van der Waals surface area contributed by atoms with Gasteiger partial charge >= 0.3 is 5.97 Å². The summed E-state index contributed by atoms with van der Waals surface area (Å²) in [5, 5.41) is 21.4. The second-order valence-corrected chi connectivity index (χ2v) is 8.70. The van der Waals surface area contributed by atoms with Crippen LogP contribution in [0.5, 0.6) is 23.0 Å². The highest BCUT2D eigenvalue weighted by molar-refractivity contribution is 5.97. The third-order valence-corrected chi connectivity index (χ3v) is 5.77. The lowest BCUT2D eigenvalue weighted by molar-refractivity contribution is -0.139.